The molecule has 3 nitrogen and oxygen atoms in total. The summed E-state index contributed by atoms with van der Waals surface area (Å²) in [6.07, 6.45) is 1.58. The van der Waals surface area contributed by atoms with Crippen LogP contribution in [0.2, 0.25) is 0 Å². The first-order valence-corrected chi connectivity index (χ1v) is 6.68. The van der Waals surface area contributed by atoms with Crippen LogP contribution in [0.1, 0.15) is 31.4 Å². The predicted octanol–water partition coefficient (Wildman–Crippen LogP) is 2.52. The first-order valence-electron chi connectivity index (χ1n) is 6.68. The molecule has 0 heterocycles. The van der Waals surface area contributed by atoms with Gasteiger partial charge < -0.3 is 14.9 Å². The van der Waals surface area contributed by atoms with E-state index in [0.717, 1.165) is 31.5 Å². The molecule has 0 aromatic heterocycles. The van der Waals surface area contributed by atoms with Gasteiger partial charge >= 0.3 is 0 Å². The van der Waals surface area contributed by atoms with Gasteiger partial charge in [0.25, 0.3) is 0 Å². The smallest absolute Gasteiger partial charge is 0.0787 e. The number of anilines is 1. The van der Waals surface area contributed by atoms with Gasteiger partial charge in [0.2, 0.25) is 0 Å². The molecule has 1 atom stereocenters. The summed E-state index contributed by atoms with van der Waals surface area (Å²) in [4.78, 5) is 4.46. The number of nitrogens with zero attached hydrogens (tertiary/aromatic N) is 2. The lowest BCUT2D eigenvalue weighted by molar-refractivity contribution is 0.173. The Hall–Kier alpha value is -1.06. The average Bonchev–Trinajstić information content (AvgIpc) is 2.37. The van der Waals surface area contributed by atoms with Crippen molar-refractivity contribution < 1.29 is 5.11 Å². The molecule has 3 heteroatoms. The van der Waals surface area contributed by atoms with E-state index in [9.17, 15) is 5.11 Å². The van der Waals surface area contributed by atoms with E-state index in [4.69, 9.17) is 0 Å². The zero-order chi connectivity index (χ0) is 13.5. The van der Waals surface area contributed by atoms with Crippen LogP contribution < -0.4 is 4.90 Å². The normalized spacial score (nSPS) is 12.8. The van der Waals surface area contributed by atoms with Gasteiger partial charge in [-0.15, -0.1) is 0 Å². The van der Waals surface area contributed by atoms with Gasteiger partial charge in [-0.2, -0.15) is 0 Å². The molecule has 18 heavy (non-hydrogen) atoms. The predicted molar refractivity (Wildman–Crippen MR) is 78.1 cm³/mol. The summed E-state index contributed by atoms with van der Waals surface area (Å²) >= 11 is 0. The molecule has 0 aliphatic heterocycles. The van der Waals surface area contributed by atoms with Crippen LogP contribution in [0.15, 0.2) is 24.3 Å². The molecule has 1 N–H and O–H groups in total. The number of rotatable bonds is 7. The van der Waals surface area contributed by atoms with E-state index in [1.165, 1.54) is 5.69 Å². The molecule has 0 radical (unpaired) electrons. The van der Waals surface area contributed by atoms with Crippen LogP contribution in [0, 0.1) is 0 Å². The van der Waals surface area contributed by atoms with E-state index in [1.807, 2.05) is 19.1 Å². The maximum absolute atomic E-state index is 9.74. The van der Waals surface area contributed by atoms with Crippen LogP contribution >= 0.6 is 0 Å². The summed E-state index contributed by atoms with van der Waals surface area (Å²) in [5, 5.41) is 9.74. The van der Waals surface area contributed by atoms with Gasteiger partial charge in [0.1, 0.15) is 0 Å². The highest BCUT2D eigenvalue weighted by atomic mass is 16.3. The molecule has 1 rings (SSSR count). The van der Waals surface area contributed by atoms with Gasteiger partial charge in [-0.05, 0) is 51.2 Å². The molecule has 0 spiro atoms. The Morgan fingerprint density at radius 3 is 2.17 bits per heavy atom. The molecular formula is C15H26N2O. The van der Waals surface area contributed by atoms with Crippen LogP contribution in [0.3, 0.4) is 0 Å². The van der Waals surface area contributed by atoms with E-state index < -0.39 is 0 Å². The van der Waals surface area contributed by atoms with Crippen molar-refractivity contribution in [3.8, 4) is 0 Å². The Morgan fingerprint density at radius 1 is 1.06 bits per heavy atom. The minimum Gasteiger partial charge on any atom is -0.388 e. The van der Waals surface area contributed by atoms with E-state index in [-0.39, 0.29) is 6.10 Å². The molecule has 0 aliphatic rings. The summed E-state index contributed by atoms with van der Waals surface area (Å²) in [5.74, 6) is 0. The molecule has 0 aliphatic carbocycles. The maximum Gasteiger partial charge on any atom is 0.0787 e. The van der Waals surface area contributed by atoms with Crippen molar-refractivity contribution in [1.82, 2.24) is 4.90 Å². The van der Waals surface area contributed by atoms with Crippen molar-refractivity contribution in [2.24, 2.45) is 0 Å². The molecule has 0 saturated carbocycles. The number of hydrogen-bond acceptors (Lipinski definition) is 3. The van der Waals surface area contributed by atoms with E-state index >= 15 is 0 Å². The van der Waals surface area contributed by atoms with Gasteiger partial charge in [0.15, 0.2) is 0 Å². The topological polar surface area (TPSA) is 26.7 Å². The molecule has 102 valence electrons. The summed E-state index contributed by atoms with van der Waals surface area (Å²) in [5.41, 5.74) is 2.21. The third-order valence-electron chi connectivity index (χ3n) is 3.20. The first kappa shape index (κ1) is 15.0. The fourth-order valence-corrected chi connectivity index (χ4v) is 1.94. The quantitative estimate of drug-likeness (QED) is 0.805. The molecule has 0 unspecified atom stereocenters. The third-order valence-corrected chi connectivity index (χ3v) is 3.20. The number of aliphatic hydroxyl groups is 1. The Labute approximate surface area is 111 Å². The largest absolute Gasteiger partial charge is 0.388 e. The summed E-state index contributed by atoms with van der Waals surface area (Å²) < 4.78 is 0. The number of benzene rings is 1. The Kier molecular flexibility index (Phi) is 6.16. The molecule has 0 bridgehead atoms. The highest BCUT2D eigenvalue weighted by Gasteiger charge is 2.05. The SMILES string of the molecule is CC[C@@H](O)c1ccc(N(C)CCCN(C)C)cc1. The highest BCUT2D eigenvalue weighted by Crippen LogP contribution is 2.20. The first-order chi connectivity index (χ1) is 8.54. The monoisotopic (exact) mass is 250 g/mol. The zero-order valence-corrected chi connectivity index (χ0v) is 12.1. The molecule has 1 aromatic carbocycles. The second-order valence-corrected chi connectivity index (χ2v) is 5.09. The van der Waals surface area contributed by atoms with Crippen molar-refractivity contribution in [3.05, 3.63) is 29.8 Å². The van der Waals surface area contributed by atoms with Crippen molar-refractivity contribution in [2.75, 3.05) is 39.1 Å². The summed E-state index contributed by atoms with van der Waals surface area (Å²) in [6, 6.07) is 8.21. The minimum atomic E-state index is -0.335. The zero-order valence-electron chi connectivity index (χ0n) is 12.1. The third kappa shape index (κ3) is 4.67. The lowest BCUT2D eigenvalue weighted by Gasteiger charge is -2.21. The second kappa shape index (κ2) is 7.39. The fraction of sp³-hybridized carbons (Fsp3) is 0.600. The van der Waals surface area contributed by atoms with E-state index in [2.05, 4.69) is 43.1 Å². The van der Waals surface area contributed by atoms with Crippen molar-refractivity contribution >= 4 is 5.69 Å². The molecule has 0 saturated heterocycles. The van der Waals surface area contributed by atoms with Gasteiger partial charge in [-0.25, -0.2) is 0 Å². The number of hydrogen-bond donors (Lipinski definition) is 1. The van der Waals surface area contributed by atoms with Crippen LogP contribution in [-0.2, 0) is 0 Å². The molecule has 0 fully saturated rings. The Bertz CT molecular complexity index is 335. The van der Waals surface area contributed by atoms with Crippen LogP contribution in [0.25, 0.3) is 0 Å². The second-order valence-electron chi connectivity index (χ2n) is 5.09. The van der Waals surface area contributed by atoms with Crippen LogP contribution in [0.4, 0.5) is 5.69 Å². The maximum atomic E-state index is 9.74. The summed E-state index contributed by atoms with van der Waals surface area (Å²) in [6.45, 7) is 4.15. The van der Waals surface area contributed by atoms with Gasteiger partial charge in [0, 0.05) is 19.3 Å². The standard InChI is InChI=1S/C15H26N2O/c1-5-15(18)13-7-9-14(10-8-13)17(4)12-6-11-16(2)3/h7-10,15,18H,5-6,11-12H2,1-4H3/t15-/m1/s1. The van der Waals surface area contributed by atoms with Crippen molar-refractivity contribution in [1.29, 1.82) is 0 Å². The van der Waals surface area contributed by atoms with Crippen molar-refractivity contribution in [3.63, 3.8) is 0 Å². The fourth-order valence-electron chi connectivity index (χ4n) is 1.94. The minimum absolute atomic E-state index is 0.335. The highest BCUT2D eigenvalue weighted by molar-refractivity contribution is 5.47. The lowest BCUT2D eigenvalue weighted by Crippen LogP contribution is -2.23. The molecular weight excluding hydrogens is 224 g/mol. The average molecular weight is 250 g/mol. The van der Waals surface area contributed by atoms with Gasteiger partial charge in [-0.1, -0.05) is 19.1 Å². The van der Waals surface area contributed by atoms with E-state index in [1.54, 1.807) is 0 Å². The van der Waals surface area contributed by atoms with E-state index in [0.29, 0.717) is 0 Å². The van der Waals surface area contributed by atoms with Gasteiger partial charge in [-0.3, -0.25) is 0 Å². The molecule has 0 amide bonds. The lowest BCUT2D eigenvalue weighted by atomic mass is 10.1. The van der Waals surface area contributed by atoms with Crippen molar-refractivity contribution in [2.45, 2.75) is 25.9 Å². The molecule has 1 aromatic rings. The van der Waals surface area contributed by atoms with Crippen LogP contribution in [-0.4, -0.2) is 44.2 Å². The summed E-state index contributed by atoms with van der Waals surface area (Å²) in [7, 11) is 6.31. The van der Waals surface area contributed by atoms with Crippen LogP contribution in [0.5, 0.6) is 0 Å². The number of aliphatic hydroxyl groups excluding tert-OH is 1. The Balaban J connectivity index is 2.51. The van der Waals surface area contributed by atoms with Gasteiger partial charge in [0.05, 0.1) is 6.10 Å². The Morgan fingerprint density at radius 2 is 1.67 bits per heavy atom.